The van der Waals surface area contributed by atoms with Crippen LogP contribution in [-0.2, 0) is 30.5 Å². The Morgan fingerprint density at radius 1 is 1.07 bits per heavy atom. The van der Waals surface area contributed by atoms with Gasteiger partial charge in [-0.25, -0.2) is 0 Å². The molecule has 0 spiro atoms. The number of aliphatic hydroxyl groups is 1. The Labute approximate surface area is 251 Å². The normalized spacial score (nSPS) is 14.6. The summed E-state index contributed by atoms with van der Waals surface area (Å²) in [6.07, 6.45) is -1.15. The molecule has 0 aliphatic heterocycles. The van der Waals surface area contributed by atoms with E-state index in [-0.39, 0.29) is 24.5 Å². The first kappa shape index (κ1) is 34.9. The second-order valence-electron chi connectivity index (χ2n) is 10.9. The SMILES string of the molecule is CC[C@](C)(Oc1cc([C@@H](O)[C@H](NC)C(=O)OC)ccc1OCc1ccccc1)[C@H](N=[N+]=[N-])C(=O)NCC(=O)OC(C)(C)C. The van der Waals surface area contributed by atoms with Crippen LogP contribution in [0.2, 0.25) is 0 Å². The van der Waals surface area contributed by atoms with E-state index in [1.165, 1.54) is 20.2 Å². The van der Waals surface area contributed by atoms with Gasteiger partial charge in [-0.05, 0) is 70.0 Å². The topological polar surface area (TPSA) is 181 Å². The number of carbonyl (C=O) groups excluding carboxylic acids is 3. The summed E-state index contributed by atoms with van der Waals surface area (Å²) in [5.74, 6) is -1.70. The molecule has 2 aromatic rings. The fourth-order valence-electron chi connectivity index (χ4n) is 4.08. The number of esters is 2. The molecule has 0 fully saturated rings. The van der Waals surface area contributed by atoms with Crippen LogP contribution in [0.5, 0.6) is 11.5 Å². The number of amides is 1. The summed E-state index contributed by atoms with van der Waals surface area (Å²) in [5, 5.41) is 19.9. The highest BCUT2D eigenvalue weighted by Crippen LogP contribution is 2.37. The third kappa shape index (κ3) is 10.2. The molecule has 0 aromatic heterocycles. The lowest BCUT2D eigenvalue weighted by atomic mass is 9.92. The number of azide groups is 1. The summed E-state index contributed by atoms with van der Waals surface area (Å²) >= 11 is 0. The molecule has 2 rings (SSSR count). The number of ether oxygens (including phenoxy) is 4. The molecule has 0 aliphatic rings. The molecule has 0 unspecified atom stereocenters. The molecule has 0 radical (unpaired) electrons. The summed E-state index contributed by atoms with van der Waals surface area (Å²) in [6, 6.07) is 11.5. The second-order valence-corrected chi connectivity index (χ2v) is 10.9. The molecule has 43 heavy (non-hydrogen) atoms. The Morgan fingerprint density at radius 2 is 1.74 bits per heavy atom. The van der Waals surface area contributed by atoms with Crippen LogP contribution < -0.4 is 20.1 Å². The summed E-state index contributed by atoms with van der Waals surface area (Å²) < 4.78 is 22.5. The minimum absolute atomic E-state index is 0.120. The van der Waals surface area contributed by atoms with E-state index in [2.05, 4.69) is 20.7 Å². The van der Waals surface area contributed by atoms with Crippen molar-refractivity contribution in [3.05, 3.63) is 70.1 Å². The van der Waals surface area contributed by atoms with Crippen LogP contribution in [0.3, 0.4) is 0 Å². The van der Waals surface area contributed by atoms with E-state index in [0.29, 0.717) is 5.56 Å². The summed E-state index contributed by atoms with van der Waals surface area (Å²) in [6.45, 7) is 8.14. The molecule has 0 bridgehead atoms. The van der Waals surface area contributed by atoms with Crippen molar-refractivity contribution in [1.82, 2.24) is 10.6 Å². The van der Waals surface area contributed by atoms with Gasteiger partial charge >= 0.3 is 11.9 Å². The van der Waals surface area contributed by atoms with Gasteiger partial charge in [0.1, 0.15) is 36.5 Å². The van der Waals surface area contributed by atoms with E-state index in [1.807, 2.05) is 30.3 Å². The van der Waals surface area contributed by atoms with Crippen molar-refractivity contribution < 1.29 is 38.4 Å². The zero-order chi connectivity index (χ0) is 32.2. The van der Waals surface area contributed by atoms with E-state index >= 15 is 0 Å². The number of nitrogens with one attached hydrogen (secondary N) is 2. The summed E-state index contributed by atoms with van der Waals surface area (Å²) in [5.41, 5.74) is 8.29. The van der Waals surface area contributed by atoms with Crippen LogP contribution in [0.4, 0.5) is 0 Å². The van der Waals surface area contributed by atoms with Gasteiger partial charge in [-0.2, -0.15) is 0 Å². The highest BCUT2D eigenvalue weighted by molar-refractivity contribution is 5.87. The smallest absolute Gasteiger partial charge is 0.325 e. The Morgan fingerprint density at radius 3 is 2.30 bits per heavy atom. The summed E-state index contributed by atoms with van der Waals surface area (Å²) in [7, 11) is 2.72. The van der Waals surface area contributed by atoms with Crippen LogP contribution in [0.1, 0.15) is 58.3 Å². The zero-order valence-electron chi connectivity index (χ0n) is 25.6. The molecule has 1 amide bonds. The first-order chi connectivity index (χ1) is 20.3. The van der Waals surface area contributed by atoms with E-state index in [1.54, 1.807) is 46.8 Å². The molecule has 0 aliphatic carbocycles. The third-order valence-corrected chi connectivity index (χ3v) is 6.49. The third-order valence-electron chi connectivity index (χ3n) is 6.49. The number of benzene rings is 2. The van der Waals surface area contributed by atoms with Gasteiger partial charge < -0.3 is 34.7 Å². The zero-order valence-corrected chi connectivity index (χ0v) is 25.6. The Balaban J connectivity index is 2.47. The average molecular weight is 600 g/mol. The van der Waals surface area contributed by atoms with Gasteiger partial charge in [0, 0.05) is 4.91 Å². The number of carbonyl (C=O) groups is 3. The average Bonchev–Trinajstić information content (AvgIpc) is 2.97. The van der Waals surface area contributed by atoms with Crippen LogP contribution in [0, 0.1) is 0 Å². The van der Waals surface area contributed by atoms with Crippen LogP contribution in [0.25, 0.3) is 10.4 Å². The van der Waals surface area contributed by atoms with Gasteiger partial charge in [0.15, 0.2) is 17.5 Å². The maximum Gasteiger partial charge on any atom is 0.325 e. The van der Waals surface area contributed by atoms with Gasteiger partial charge in [0.05, 0.1) is 7.11 Å². The van der Waals surface area contributed by atoms with Gasteiger partial charge in [-0.15, -0.1) is 0 Å². The Hall–Kier alpha value is -4.32. The monoisotopic (exact) mass is 599 g/mol. The van der Waals surface area contributed by atoms with Gasteiger partial charge in [0.2, 0.25) is 5.91 Å². The number of nitrogens with zero attached hydrogens (tertiary/aromatic N) is 3. The van der Waals surface area contributed by atoms with Crippen molar-refractivity contribution >= 4 is 17.8 Å². The minimum Gasteiger partial charge on any atom is -0.485 e. The molecule has 0 heterocycles. The predicted octanol–water partition coefficient (Wildman–Crippen LogP) is 3.74. The lowest BCUT2D eigenvalue weighted by Crippen LogP contribution is -2.52. The predicted molar refractivity (Wildman–Crippen MR) is 158 cm³/mol. The first-order valence-electron chi connectivity index (χ1n) is 13.7. The molecular weight excluding hydrogens is 558 g/mol. The first-order valence-corrected chi connectivity index (χ1v) is 13.7. The quantitative estimate of drug-likeness (QED) is 0.119. The fraction of sp³-hybridized carbons (Fsp3) is 0.500. The van der Waals surface area contributed by atoms with Crippen molar-refractivity contribution in [2.45, 2.75) is 77.0 Å². The highest BCUT2D eigenvalue weighted by atomic mass is 16.6. The van der Waals surface area contributed by atoms with Crippen LogP contribution in [-0.4, -0.2) is 66.9 Å². The number of likely N-dealkylation sites (N-methyl/N-ethyl adjacent to an activating group) is 1. The van der Waals surface area contributed by atoms with Crippen molar-refractivity contribution in [3.8, 4) is 11.5 Å². The highest BCUT2D eigenvalue weighted by Gasteiger charge is 2.41. The number of rotatable bonds is 15. The number of methoxy groups -OCH3 is 1. The standard InChI is InChI=1S/C30H41N5O8/c1-8-30(5,26(34-35-31)27(38)33-17-23(36)43-29(2,3)4)42-22-16-20(25(37)24(32-6)28(39)40-7)14-15-21(22)41-18-19-12-10-9-11-13-19/h9-16,24-26,32,37H,8,17-18H2,1-7H3,(H,33,38)/t24-,25+,26+,30-/m0/s1. The maximum atomic E-state index is 13.2. The lowest BCUT2D eigenvalue weighted by Gasteiger charge is -2.35. The molecule has 13 nitrogen and oxygen atoms in total. The minimum atomic E-state index is -1.44. The van der Waals surface area contributed by atoms with Crippen molar-refractivity contribution in [2.75, 3.05) is 20.7 Å². The van der Waals surface area contributed by atoms with E-state index in [0.717, 1.165) is 5.56 Å². The molecule has 234 valence electrons. The van der Waals surface area contributed by atoms with Crippen LogP contribution >= 0.6 is 0 Å². The van der Waals surface area contributed by atoms with Crippen molar-refractivity contribution in [2.24, 2.45) is 5.11 Å². The molecule has 13 heteroatoms. The van der Waals surface area contributed by atoms with Crippen molar-refractivity contribution in [3.63, 3.8) is 0 Å². The molecule has 0 saturated heterocycles. The largest absolute Gasteiger partial charge is 0.485 e. The second kappa shape index (κ2) is 15.8. The van der Waals surface area contributed by atoms with Gasteiger partial charge in [-0.3, -0.25) is 14.4 Å². The molecule has 4 atom stereocenters. The van der Waals surface area contributed by atoms with E-state index < -0.39 is 53.8 Å². The van der Waals surface area contributed by atoms with E-state index in [4.69, 9.17) is 18.9 Å². The van der Waals surface area contributed by atoms with E-state index in [9.17, 15) is 25.0 Å². The molecule has 0 saturated carbocycles. The number of hydrogen-bond donors (Lipinski definition) is 3. The maximum absolute atomic E-state index is 13.2. The molecule has 2 aromatic carbocycles. The Kier molecular flexibility index (Phi) is 12.8. The fourth-order valence-corrected chi connectivity index (χ4v) is 4.08. The lowest BCUT2D eigenvalue weighted by molar-refractivity contribution is -0.155. The summed E-state index contributed by atoms with van der Waals surface area (Å²) in [4.78, 5) is 40.5. The molecular formula is C30H41N5O8. The Bertz CT molecular complexity index is 1290. The van der Waals surface area contributed by atoms with Crippen LogP contribution in [0.15, 0.2) is 53.6 Å². The number of aliphatic hydroxyl groups excluding tert-OH is 1. The molecule has 3 N–H and O–H groups in total. The van der Waals surface area contributed by atoms with Crippen molar-refractivity contribution in [1.29, 1.82) is 0 Å². The number of hydrogen-bond acceptors (Lipinski definition) is 10. The van der Waals surface area contributed by atoms with Gasteiger partial charge in [0.25, 0.3) is 0 Å². The van der Waals surface area contributed by atoms with Gasteiger partial charge in [-0.1, -0.05) is 48.4 Å².